The first kappa shape index (κ1) is 14.5. The zero-order valence-corrected chi connectivity index (χ0v) is 12.3. The van der Waals surface area contributed by atoms with Crippen molar-refractivity contribution in [1.82, 2.24) is 10.1 Å². The molecule has 19 heavy (non-hydrogen) atoms. The van der Waals surface area contributed by atoms with Gasteiger partial charge < -0.3 is 10.3 Å². The zero-order chi connectivity index (χ0) is 13.7. The van der Waals surface area contributed by atoms with E-state index in [0.717, 1.165) is 49.4 Å². The highest BCUT2D eigenvalue weighted by molar-refractivity contribution is 4.98. The molecule has 1 saturated carbocycles. The topological polar surface area (TPSA) is 64.9 Å². The van der Waals surface area contributed by atoms with Gasteiger partial charge in [-0.05, 0) is 56.9 Å². The van der Waals surface area contributed by atoms with Crippen LogP contribution >= 0.6 is 0 Å². The lowest BCUT2D eigenvalue weighted by Crippen LogP contribution is -2.18. The van der Waals surface area contributed by atoms with Crippen molar-refractivity contribution in [3.63, 3.8) is 0 Å². The van der Waals surface area contributed by atoms with Crippen molar-refractivity contribution < 1.29 is 4.52 Å². The first-order valence-electron chi connectivity index (χ1n) is 7.73. The molecular weight excluding hydrogens is 238 g/mol. The molecule has 4 nitrogen and oxygen atoms in total. The largest absolute Gasteiger partial charge is 0.339 e. The molecule has 0 unspecified atom stereocenters. The number of aromatic nitrogens is 2. The summed E-state index contributed by atoms with van der Waals surface area (Å²) in [6, 6.07) is 0. The third-order valence-corrected chi connectivity index (χ3v) is 4.41. The Hall–Kier alpha value is -0.900. The van der Waals surface area contributed by atoms with E-state index < -0.39 is 0 Å². The monoisotopic (exact) mass is 265 g/mol. The van der Waals surface area contributed by atoms with Crippen molar-refractivity contribution in [3.05, 3.63) is 11.7 Å². The average Bonchev–Trinajstić information content (AvgIpc) is 2.88. The van der Waals surface area contributed by atoms with Crippen LogP contribution in [0, 0.1) is 11.8 Å². The van der Waals surface area contributed by atoms with Crippen molar-refractivity contribution in [2.24, 2.45) is 17.6 Å². The van der Waals surface area contributed by atoms with Crippen molar-refractivity contribution in [1.29, 1.82) is 0 Å². The number of nitrogens with two attached hydrogens (primary N) is 1. The molecule has 1 aliphatic rings. The Morgan fingerprint density at radius 2 is 1.95 bits per heavy atom. The van der Waals surface area contributed by atoms with E-state index in [1.165, 1.54) is 25.7 Å². The van der Waals surface area contributed by atoms with Gasteiger partial charge in [-0.2, -0.15) is 4.98 Å². The van der Waals surface area contributed by atoms with Crippen LogP contribution in [0.1, 0.15) is 70.0 Å². The summed E-state index contributed by atoms with van der Waals surface area (Å²) in [4.78, 5) is 4.56. The standard InChI is InChI=1S/C15H27N3O/c1-11(2)12-6-8-13(9-7-12)15-17-14(19-18-15)5-3-4-10-16/h11-13H,3-10,16H2,1-2H3. The van der Waals surface area contributed by atoms with Crippen LogP contribution in [0.15, 0.2) is 4.52 Å². The first-order chi connectivity index (χ1) is 9.20. The fourth-order valence-electron chi connectivity index (χ4n) is 3.00. The average molecular weight is 265 g/mol. The highest BCUT2D eigenvalue weighted by Gasteiger charge is 2.27. The van der Waals surface area contributed by atoms with Crippen LogP contribution in [-0.2, 0) is 6.42 Å². The van der Waals surface area contributed by atoms with E-state index in [9.17, 15) is 0 Å². The zero-order valence-electron chi connectivity index (χ0n) is 12.3. The second-order valence-electron chi connectivity index (χ2n) is 6.15. The van der Waals surface area contributed by atoms with Crippen molar-refractivity contribution in [2.75, 3.05) is 6.54 Å². The molecule has 4 heteroatoms. The Labute approximate surface area is 116 Å². The Morgan fingerprint density at radius 1 is 1.21 bits per heavy atom. The van der Waals surface area contributed by atoms with Crippen LogP contribution in [0.4, 0.5) is 0 Å². The number of hydrogen-bond acceptors (Lipinski definition) is 4. The Bertz CT molecular complexity index is 367. The van der Waals surface area contributed by atoms with Crippen molar-refractivity contribution in [2.45, 2.75) is 64.7 Å². The number of nitrogens with zero attached hydrogens (tertiary/aromatic N) is 2. The number of unbranched alkanes of at least 4 members (excludes halogenated alkanes) is 1. The lowest BCUT2D eigenvalue weighted by molar-refractivity contribution is 0.251. The van der Waals surface area contributed by atoms with E-state index in [-0.39, 0.29) is 0 Å². The van der Waals surface area contributed by atoms with E-state index in [4.69, 9.17) is 10.3 Å². The number of hydrogen-bond donors (Lipinski definition) is 1. The van der Waals surface area contributed by atoms with Crippen molar-refractivity contribution >= 4 is 0 Å². The summed E-state index contributed by atoms with van der Waals surface area (Å²) < 4.78 is 5.34. The van der Waals surface area contributed by atoms with Gasteiger partial charge in [-0.3, -0.25) is 0 Å². The fourth-order valence-corrected chi connectivity index (χ4v) is 3.00. The normalized spacial score (nSPS) is 24.0. The molecule has 1 fully saturated rings. The first-order valence-corrected chi connectivity index (χ1v) is 7.73. The Kier molecular flexibility index (Phi) is 5.37. The predicted molar refractivity (Wildman–Crippen MR) is 75.8 cm³/mol. The van der Waals surface area contributed by atoms with Crippen LogP contribution in [0.25, 0.3) is 0 Å². The van der Waals surface area contributed by atoms with Crippen LogP contribution in [0.5, 0.6) is 0 Å². The molecule has 1 aromatic rings. The number of aryl methyl sites for hydroxylation is 1. The van der Waals surface area contributed by atoms with Gasteiger partial charge in [0.2, 0.25) is 5.89 Å². The lowest BCUT2D eigenvalue weighted by atomic mass is 9.77. The van der Waals surface area contributed by atoms with Gasteiger partial charge >= 0.3 is 0 Å². The lowest BCUT2D eigenvalue weighted by Gasteiger charge is -2.29. The summed E-state index contributed by atoms with van der Waals surface area (Å²) in [5, 5.41) is 4.17. The fraction of sp³-hybridized carbons (Fsp3) is 0.867. The summed E-state index contributed by atoms with van der Waals surface area (Å²) in [5.41, 5.74) is 5.49. The van der Waals surface area contributed by atoms with E-state index >= 15 is 0 Å². The molecule has 0 saturated heterocycles. The third-order valence-electron chi connectivity index (χ3n) is 4.41. The molecule has 0 bridgehead atoms. The van der Waals surface area contributed by atoms with Gasteiger partial charge in [0, 0.05) is 12.3 Å². The molecule has 1 heterocycles. The minimum atomic E-state index is 0.516. The van der Waals surface area contributed by atoms with Gasteiger partial charge in [0.05, 0.1) is 0 Å². The second kappa shape index (κ2) is 7.04. The van der Waals surface area contributed by atoms with E-state index in [2.05, 4.69) is 24.0 Å². The molecule has 0 aliphatic heterocycles. The third kappa shape index (κ3) is 4.03. The maximum atomic E-state index is 5.49. The number of rotatable bonds is 6. The van der Waals surface area contributed by atoms with Gasteiger partial charge in [-0.15, -0.1) is 0 Å². The molecular formula is C15H27N3O. The van der Waals surface area contributed by atoms with E-state index in [0.29, 0.717) is 5.92 Å². The highest BCUT2D eigenvalue weighted by Crippen LogP contribution is 2.37. The van der Waals surface area contributed by atoms with Gasteiger partial charge in [0.1, 0.15) is 0 Å². The Morgan fingerprint density at radius 3 is 2.58 bits per heavy atom. The maximum Gasteiger partial charge on any atom is 0.226 e. The van der Waals surface area contributed by atoms with Crippen LogP contribution < -0.4 is 5.73 Å². The van der Waals surface area contributed by atoms with Crippen LogP contribution in [-0.4, -0.2) is 16.7 Å². The van der Waals surface area contributed by atoms with Crippen LogP contribution in [0.2, 0.25) is 0 Å². The van der Waals surface area contributed by atoms with Crippen LogP contribution in [0.3, 0.4) is 0 Å². The maximum absolute atomic E-state index is 5.49. The smallest absolute Gasteiger partial charge is 0.226 e. The summed E-state index contributed by atoms with van der Waals surface area (Å²) in [7, 11) is 0. The molecule has 108 valence electrons. The summed E-state index contributed by atoms with van der Waals surface area (Å²) in [5.74, 6) is 3.92. The van der Waals surface area contributed by atoms with Gasteiger partial charge in [-0.25, -0.2) is 0 Å². The Balaban J connectivity index is 1.82. The molecule has 0 radical (unpaired) electrons. The van der Waals surface area contributed by atoms with E-state index in [1.807, 2.05) is 0 Å². The quantitative estimate of drug-likeness (QED) is 0.802. The van der Waals surface area contributed by atoms with Gasteiger partial charge in [0.25, 0.3) is 0 Å². The molecule has 2 rings (SSSR count). The van der Waals surface area contributed by atoms with Gasteiger partial charge in [0.15, 0.2) is 5.82 Å². The molecule has 1 aliphatic carbocycles. The SMILES string of the molecule is CC(C)C1CCC(c2noc(CCCCN)n2)CC1. The molecule has 0 spiro atoms. The molecule has 0 atom stereocenters. The molecule has 2 N–H and O–H groups in total. The second-order valence-corrected chi connectivity index (χ2v) is 6.15. The minimum Gasteiger partial charge on any atom is -0.339 e. The molecule has 1 aromatic heterocycles. The highest BCUT2D eigenvalue weighted by atomic mass is 16.5. The van der Waals surface area contributed by atoms with Gasteiger partial charge in [-0.1, -0.05) is 19.0 Å². The van der Waals surface area contributed by atoms with E-state index in [1.54, 1.807) is 0 Å². The van der Waals surface area contributed by atoms with Crippen molar-refractivity contribution in [3.8, 4) is 0 Å². The summed E-state index contributed by atoms with van der Waals surface area (Å²) in [6.07, 6.45) is 7.97. The molecule has 0 aromatic carbocycles. The molecule has 0 amide bonds. The summed E-state index contributed by atoms with van der Waals surface area (Å²) in [6.45, 7) is 5.39. The predicted octanol–water partition coefficient (Wildman–Crippen LogP) is 3.28. The minimum absolute atomic E-state index is 0.516. The summed E-state index contributed by atoms with van der Waals surface area (Å²) >= 11 is 0.